The third-order valence-electron chi connectivity index (χ3n) is 1.79. The van der Waals surface area contributed by atoms with E-state index in [-0.39, 0.29) is 5.75 Å². The predicted molar refractivity (Wildman–Crippen MR) is 56.1 cm³/mol. The van der Waals surface area contributed by atoms with Gasteiger partial charge in [0.05, 0.1) is 5.75 Å². The van der Waals surface area contributed by atoms with E-state index in [2.05, 4.69) is 0 Å². The lowest BCUT2D eigenvalue weighted by atomic mass is 10.1. The van der Waals surface area contributed by atoms with Gasteiger partial charge in [0, 0.05) is 6.04 Å². The topological polar surface area (TPSA) is 86.2 Å². The summed E-state index contributed by atoms with van der Waals surface area (Å²) in [5.41, 5.74) is 6.65. The van der Waals surface area contributed by atoms with Crippen molar-refractivity contribution in [3.8, 4) is 0 Å². The van der Waals surface area contributed by atoms with Gasteiger partial charge in [-0.25, -0.2) is 13.6 Å². The molecule has 0 fully saturated rings. The lowest BCUT2D eigenvalue weighted by Gasteiger charge is -2.09. The number of primary sulfonamides is 1. The Morgan fingerprint density at radius 1 is 1.21 bits per heavy atom. The Labute approximate surface area is 84.0 Å². The number of benzene rings is 1. The summed E-state index contributed by atoms with van der Waals surface area (Å²) in [6.45, 7) is 0. The summed E-state index contributed by atoms with van der Waals surface area (Å²) in [4.78, 5) is 0. The highest BCUT2D eigenvalue weighted by molar-refractivity contribution is 7.89. The molecule has 1 atom stereocenters. The van der Waals surface area contributed by atoms with Gasteiger partial charge >= 0.3 is 0 Å². The van der Waals surface area contributed by atoms with Crippen LogP contribution in [0.1, 0.15) is 5.56 Å². The molecule has 0 amide bonds. The van der Waals surface area contributed by atoms with Crippen LogP contribution in [0.3, 0.4) is 0 Å². The summed E-state index contributed by atoms with van der Waals surface area (Å²) in [5, 5.41) is 4.88. The van der Waals surface area contributed by atoms with E-state index in [1.54, 1.807) is 0 Å². The SMILES string of the molecule is NC(Cc1ccccc1)CS(N)(=O)=O. The first-order chi connectivity index (χ1) is 6.47. The van der Waals surface area contributed by atoms with Gasteiger partial charge in [-0.3, -0.25) is 0 Å². The predicted octanol–water partition coefficient (Wildman–Crippen LogP) is -0.155. The first-order valence-electron chi connectivity index (χ1n) is 4.27. The van der Waals surface area contributed by atoms with Gasteiger partial charge in [0.15, 0.2) is 0 Å². The first kappa shape index (κ1) is 11.2. The Bertz CT molecular complexity index is 375. The van der Waals surface area contributed by atoms with Crippen molar-refractivity contribution < 1.29 is 8.42 Å². The molecule has 0 spiro atoms. The molecule has 1 aromatic carbocycles. The third-order valence-corrected chi connectivity index (χ3v) is 2.68. The zero-order valence-corrected chi connectivity index (χ0v) is 8.57. The molecule has 0 radical (unpaired) electrons. The van der Waals surface area contributed by atoms with Crippen LogP contribution in [-0.2, 0) is 16.4 Å². The molecule has 5 heteroatoms. The molecule has 0 saturated carbocycles. The summed E-state index contributed by atoms with van der Waals surface area (Å²) in [6.07, 6.45) is 0.525. The van der Waals surface area contributed by atoms with Crippen molar-refractivity contribution in [2.24, 2.45) is 10.9 Å². The number of sulfonamides is 1. The van der Waals surface area contributed by atoms with Gasteiger partial charge in [0.2, 0.25) is 10.0 Å². The molecule has 0 aromatic heterocycles. The standard InChI is InChI=1S/C9H14N2O2S/c10-9(7-14(11,12)13)6-8-4-2-1-3-5-8/h1-5,9H,6-7,10H2,(H2,11,12,13). The summed E-state index contributed by atoms with van der Waals surface area (Å²) in [5.74, 6) is -0.179. The molecule has 14 heavy (non-hydrogen) atoms. The van der Waals surface area contributed by atoms with Crippen LogP contribution in [0.2, 0.25) is 0 Å². The maximum atomic E-state index is 10.7. The average Bonchev–Trinajstić information content (AvgIpc) is 2.02. The minimum Gasteiger partial charge on any atom is -0.326 e. The monoisotopic (exact) mass is 214 g/mol. The van der Waals surface area contributed by atoms with Crippen LogP contribution in [0.25, 0.3) is 0 Å². The van der Waals surface area contributed by atoms with Crippen molar-refractivity contribution in [3.05, 3.63) is 35.9 Å². The molecular formula is C9H14N2O2S. The molecule has 0 aliphatic heterocycles. The van der Waals surface area contributed by atoms with Gasteiger partial charge in [0.1, 0.15) is 0 Å². The Kier molecular flexibility index (Phi) is 3.62. The van der Waals surface area contributed by atoms with Gasteiger partial charge < -0.3 is 5.73 Å². The highest BCUT2D eigenvalue weighted by Crippen LogP contribution is 2.02. The van der Waals surface area contributed by atoms with E-state index in [1.807, 2.05) is 30.3 Å². The highest BCUT2D eigenvalue weighted by atomic mass is 32.2. The lowest BCUT2D eigenvalue weighted by Crippen LogP contribution is -2.34. The molecule has 0 heterocycles. The summed E-state index contributed by atoms with van der Waals surface area (Å²) < 4.78 is 21.5. The number of hydrogen-bond donors (Lipinski definition) is 2. The minimum absolute atomic E-state index is 0.179. The fourth-order valence-electron chi connectivity index (χ4n) is 1.27. The van der Waals surface area contributed by atoms with Gasteiger partial charge in [0.25, 0.3) is 0 Å². The zero-order chi connectivity index (χ0) is 10.6. The number of rotatable bonds is 4. The first-order valence-corrected chi connectivity index (χ1v) is 5.99. The lowest BCUT2D eigenvalue weighted by molar-refractivity contribution is 0.587. The van der Waals surface area contributed by atoms with E-state index in [9.17, 15) is 8.42 Å². The molecule has 1 unspecified atom stereocenters. The van der Waals surface area contributed by atoms with Crippen LogP contribution in [0.5, 0.6) is 0 Å². The average molecular weight is 214 g/mol. The van der Waals surface area contributed by atoms with Gasteiger partial charge in [-0.1, -0.05) is 30.3 Å². The molecule has 0 bridgehead atoms. The van der Waals surface area contributed by atoms with E-state index in [4.69, 9.17) is 10.9 Å². The highest BCUT2D eigenvalue weighted by Gasteiger charge is 2.11. The van der Waals surface area contributed by atoms with Crippen LogP contribution in [0, 0.1) is 0 Å². The molecular weight excluding hydrogens is 200 g/mol. The van der Waals surface area contributed by atoms with Gasteiger partial charge in [-0.05, 0) is 12.0 Å². The smallest absolute Gasteiger partial charge is 0.210 e. The summed E-state index contributed by atoms with van der Waals surface area (Å²) in [6, 6.07) is 9.05. The Hall–Kier alpha value is -0.910. The Morgan fingerprint density at radius 2 is 1.79 bits per heavy atom. The molecule has 4 N–H and O–H groups in total. The molecule has 0 saturated heterocycles. The minimum atomic E-state index is -3.47. The van der Waals surface area contributed by atoms with Crippen molar-refractivity contribution in [2.45, 2.75) is 12.5 Å². The summed E-state index contributed by atoms with van der Waals surface area (Å²) in [7, 11) is -3.47. The van der Waals surface area contributed by atoms with E-state index in [0.29, 0.717) is 6.42 Å². The van der Waals surface area contributed by atoms with Crippen LogP contribution in [0.4, 0.5) is 0 Å². The third kappa shape index (κ3) is 4.36. The van der Waals surface area contributed by atoms with E-state index >= 15 is 0 Å². The van der Waals surface area contributed by atoms with Crippen molar-refractivity contribution in [2.75, 3.05) is 5.75 Å². The second-order valence-electron chi connectivity index (χ2n) is 3.28. The van der Waals surface area contributed by atoms with Crippen molar-refractivity contribution in [1.29, 1.82) is 0 Å². The fourth-order valence-corrected chi connectivity index (χ4v) is 1.99. The van der Waals surface area contributed by atoms with E-state index in [0.717, 1.165) is 5.56 Å². The molecule has 0 aliphatic rings. The molecule has 1 rings (SSSR count). The Morgan fingerprint density at radius 3 is 2.29 bits per heavy atom. The van der Waals surface area contributed by atoms with Crippen LogP contribution in [-0.4, -0.2) is 20.2 Å². The van der Waals surface area contributed by atoms with E-state index < -0.39 is 16.1 Å². The van der Waals surface area contributed by atoms with Gasteiger partial charge in [-0.15, -0.1) is 0 Å². The number of nitrogens with two attached hydrogens (primary N) is 2. The molecule has 1 aromatic rings. The van der Waals surface area contributed by atoms with Crippen molar-refractivity contribution in [1.82, 2.24) is 0 Å². The van der Waals surface area contributed by atoms with E-state index in [1.165, 1.54) is 0 Å². The van der Waals surface area contributed by atoms with Crippen LogP contribution >= 0.6 is 0 Å². The molecule has 4 nitrogen and oxygen atoms in total. The maximum absolute atomic E-state index is 10.7. The fraction of sp³-hybridized carbons (Fsp3) is 0.333. The second kappa shape index (κ2) is 4.54. The Balaban J connectivity index is 2.54. The second-order valence-corrected chi connectivity index (χ2v) is 4.94. The largest absolute Gasteiger partial charge is 0.326 e. The van der Waals surface area contributed by atoms with Crippen LogP contribution in [0.15, 0.2) is 30.3 Å². The van der Waals surface area contributed by atoms with Crippen molar-refractivity contribution in [3.63, 3.8) is 0 Å². The quantitative estimate of drug-likeness (QED) is 0.730. The molecule has 0 aliphatic carbocycles. The summed E-state index contributed by atoms with van der Waals surface area (Å²) >= 11 is 0. The normalized spacial score (nSPS) is 13.9. The zero-order valence-electron chi connectivity index (χ0n) is 7.76. The molecule has 78 valence electrons. The van der Waals surface area contributed by atoms with Gasteiger partial charge in [-0.2, -0.15) is 0 Å². The number of hydrogen-bond acceptors (Lipinski definition) is 3. The van der Waals surface area contributed by atoms with Crippen LogP contribution < -0.4 is 10.9 Å². The van der Waals surface area contributed by atoms with Crippen molar-refractivity contribution >= 4 is 10.0 Å². The maximum Gasteiger partial charge on any atom is 0.210 e.